The van der Waals surface area contributed by atoms with Gasteiger partial charge in [0.25, 0.3) is 0 Å². The zero-order chi connectivity index (χ0) is 14.8. The van der Waals surface area contributed by atoms with Crippen molar-refractivity contribution in [2.24, 2.45) is 11.3 Å². The van der Waals surface area contributed by atoms with E-state index in [1.165, 1.54) is 31.2 Å². The molecule has 1 saturated carbocycles. The SMILES string of the molecule is c1cc(CN2CC[C@@H]3OCCC[C@@]3(COCC3CC3)C2)co1. The van der Waals surface area contributed by atoms with Crippen LogP contribution in [0.3, 0.4) is 0 Å². The Hall–Kier alpha value is -0.840. The van der Waals surface area contributed by atoms with Crippen LogP contribution >= 0.6 is 0 Å². The van der Waals surface area contributed by atoms with Crippen molar-refractivity contribution in [1.82, 2.24) is 4.90 Å². The van der Waals surface area contributed by atoms with Crippen molar-refractivity contribution >= 4 is 0 Å². The topological polar surface area (TPSA) is 34.8 Å². The molecule has 1 aromatic rings. The molecule has 3 aliphatic rings. The van der Waals surface area contributed by atoms with Gasteiger partial charge >= 0.3 is 0 Å². The van der Waals surface area contributed by atoms with Crippen molar-refractivity contribution in [3.05, 3.63) is 24.2 Å². The van der Waals surface area contributed by atoms with Gasteiger partial charge in [0.05, 0.1) is 25.2 Å². The van der Waals surface area contributed by atoms with Gasteiger partial charge in [0.2, 0.25) is 0 Å². The minimum atomic E-state index is 0.203. The van der Waals surface area contributed by atoms with Crippen LogP contribution in [0.5, 0.6) is 0 Å². The molecule has 0 amide bonds. The number of ether oxygens (including phenoxy) is 2. The minimum Gasteiger partial charge on any atom is -0.472 e. The van der Waals surface area contributed by atoms with Crippen LogP contribution in [0.15, 0.2) is 23.0 Å². The van der Waals surface area contributed by atoms with Crippen molar-refractivity contribution in [2.75, 3.05) is 32.9 Å². The van der Waals surface area contributed by atoms with Crippen LogP contribution in [-0.2, 0) is 16.0 Å². The van der Waals surface area contributed by atoms with E-state index >= 15 is 0 Å². The Morgan fingerprint density at radius 1 is 1.32 bits per heavy atom. The quantitative estimate of drug-likeness (QED) is 0.809. The average Bonchev–Trinajstić information content (AvgIpc) is 3.22. The van der Waals surface area contributed by atoms with Gasteiger partial charge in [-0.15, -0.1) is 0 Å². The zero-order valence-corrected chi connectivity index (χ0v) is 13.3. The van der Waals surface area contributed by atoms with Crippen LogP contribution in [0.25, 0.3) is 0 Å². The van der Waals surface area contributed by atoms with E-state index in [9.17, 15) is 0 Å². The second kappa shape index (κ2) is 6.34. The summed E-state index contributed by atoms with van der Waals surface area (Å²) >= 11 is 0. The highest BCUT2D eigenvalue weighted by molar-refractivity contribution is 5.06. The maximum Gasteiger partial charge on any atom is 0.0947 e. The molecule has 1 aliphatic carbocycles. The van der Waals surface area contributed by atoms with Crippen LogP contribution < -0.4 is 0 Å². The second-order valence-electron chi connectivity index (χ2n) is 7.41. The number of rotatable bonds is 6. The molecule has 0 N–H and O–H groups in total. The monoisotopic (exact) mass is 305 g/mol. The summed E-state index contributed by atoms with van der Waals surface area (Å²) in [6, 6.07) is 2.07. The summed E-state index contributed by atoms with van der Waals surface area (Å²) in [5, 5.41) is 0. The summed E-state index contributed by atoms with van der Waals surface area (Å²) in [6.07, 6.45) is 10.3. The molecule has 122 valence electrons. The highest BCUT2D eigenvalue weighted by Crippen LogP contribution is 2.41. The van der Waals surface area contributed by atoms with Gasteiger partial charge in [-0.2, -0.15) is 0 Å². The standard InChI is InChI=1S/C18H27NO3/c1-6-18(14-21-11-15-2-3-15)13-19(7-4-17(18)22-8-1)10-16-5-9-20-12-16/h5,9,12,15,17H,1-4,6-8,10-11,13-14H2/t17-,18-/m0/s1. The first kappa shape index (κ1) is 14.7. The first-order valence-corrected chi connectivity index (χ1v) is 8.77. The fourth-order valence-electron chi connectivity index (χ4n) is 4.08. The molecule has 2 atom stereocenters. The van der Waals surface area contributed by atoms with Gasteiger partial charge in [-0.3, -0.25) is 4.90 Å². The molecule has 22 heavy (non-hydrogen) atoms. The van der Waals surface area contributed by atoms with Gasteiger partial charge in [0.1, 0.15) is 0 Å². The summed E-state index contributed by atoms with van der Waals surface area (Å²) in [7, 11) is 0. The highest BCUT2D eigenvalue weighted by atomic mass is 16.5. The number of furan rings is 1. The fraction of sp³-hybridized carbons (Fsp3) is 0.778. The summed E-state index contributed by atoms with van der Waals surface area (Å²) in [6.45, 7) is 5.93. The lowest BCUT2D eigenvalue weighted by Gasteiger charge is -2.50. The molecule has 4 rings (SSSR count). The summed E-state index contributed by atoms with van der Waals surface area (Å²) < 4.78 is 17.4. The second-order valence-corrected chi connectivity index (χ2v) is 7.41. The maximum atomic E-state index is 6.12. The van der Waals surface area contributed by atoms with E-state index in [1.807, 2.05) is 6.26 Å². The van der Waals surface area contributed by atoms with Gasteiger partial charge < -0.3 is 13.9 Å². The molecule has 3 fully saturated rings. The Kier molecular flexibility index (Phi) is 4.25. The zero-order valence-electron chi connectivity index (χ0n) is 13.3. The van der Waals surface area contributed by atoms with Crippen molar-refractivity contribution in [1.29, 1.82) is 0 Å². The van der Waals surface area contributed by atoms with Crippen LogP contribution in [0.4, 0.5) is 0 Å². The van der Waals surface area contributed by atoms with E-state index in [-0.39, 0.29) is 5.41 Å². The molecular weight excluding hydrogens is 278 g/mol. The molecular formula is C18H27NO3. The Balaban J connectivity index is 1.40. The third-order valence-corrected chi connectivity index (χ3v) is 5.49. The number of piperidine rings is 1. The lowest BCUT2D eigenvalue weighted by molar-refractivity contribution is -0.154. The molecule has 0 aromatic carbocycles. The molecule has 4 heteroatoms. The average molecular weight is 305 g/mol. The number of nitrogens with zero attached hydrogens (tertiary/aromatic N) is 1. The normalized spacial score (nSPS) is 32.8. The molecule has 4 nitrogen and oxygen atoms in total. The summed E-state index contributed by atoms with van der Waals surface area (Å²) in [5.74, 6) is 0.838. The van der Waals surface area contributed by atoms with Crippen LogP contribution in [-0.4, -0.2) is 43.9 Å². The van der Waals surface area contributed by atoms with Gasteiger partial charge in [0.15, 0.2) is 0 Å². The molecule has 1 aromatic heterocycles. The van der Waals surface area contributed by atoms with Gasteiger partial charge in [-0.25, -0.2) is 0 Å². The predicted molar refractivity (Wildman–Crippen MR) is 83.6 cm³/mol. The number of fused-ring (bicyclic) bond motifs is 1. The van der Waals surface area contributed by atoms with Gasteiger partial charge in [-0.05, 0) is 44.1 Å². The Labute approximate surface area is 132 Å². The Morgan fingerprint density at radius 3 is 3.09 bits per heavy atom. The Morgan fingerprint density at radius 2 is 2.27 bits per heavy atom. The molecule has 2 saturated heterocycles. The molecule has 0 spiro atoms. The third kappa shape index (κ3) is 3.24. The van der Waals surface area contributed by atoms with Crippen molar-refractivity contribution in [2.45, 2.75) is 44.8 Å². The molecule has 3 heterocycles. The van der Waals surface area contributed by atoms with Crippen LogP contribution in [0.2, 0.25) is 0 Å². The predicted octanol–water partition coefficient (Wildman–Crippen LogP) is 3.08. The molecule has 0 unspecified atom stereocenters. The van der Waals surface area contributed by atoms with Crippen molar-refractivity contribution in [3.63, 3.8) is 0 Å². The van der Waals surface area contributed by atoms with E-state index in [1.54, 1.807) is 6.26 Å². The first-order valence-electron chi connectivity index (χ1n) is 8.77. The van der Waals surface area contributed by atoms with Crippen molar-refractivity contribution in [3.8, 4) is 0 Å². The van der Waals surface area contributed by atoms with Crippen LogP contribution in [0, 0.1) is 11.3 Å². The molecule has 0 radical (unpaired) electrons. The summed E-state index contributed by atoms with van der Waals surface area (Å²) in [4.78, 5) is 2.55. The first-order chi connectivity index (χ1) is 10.8. The minimum absolute atomic E-state index is 0.203. The van der Waals surface area contributed by atoms with Gasteiger partial charge in [0, 0.05) is 43.8 Å². The van der Waals surface area contributed by atoms with Gasteiger partial charge in [-0.1, -0.05) is 0 Å². The largest absolute Gasteiger partial charge is 0.472 e. The fourth-order valence-corrected chi connectivity index (χ4v) is 4.08. The number of hydrogen-bond acceptors (Lipinski definition) is 4. The van der Waals surface area contributed by atoms with Crippen LogP contribution in [0.1, 0.15) is 37.7 Å². The number of likely N-dealkylation sites (tertiary alicyclic amines) is 1. The number of hydrogen-bond donors (Lipinski definition) is 0. The lowest BCUT2D eigenvalue weighted by atomic mass is 9.73. The maximum absolute atomic E-state index is 6.12. The van der Waals surface area contributed by atoms with E-state index in [4.69, 9.17) is 13.9 Å². The lowest BCUT2D eigenvalue weighted by Crippen LogP contribution is -2.56. The summed E-state index contributed by atoms with van der Waals surface area (Å²) in [5.41, 5.74) is 1.47. The van der Waals surface area contributed by atoms with E-state index in [2.05, 4.69) is 11.0 Å². The van der Waals surface area contributed by atoms with E-state index in [0.717, 1.165) is 51.8 Å². The Bertz CT molecular complexity index is 471. The molecule has 2 aliphatic heterocycles. The highest BCUT2D eigenvalue weighted by Gasteiger charge is 2.46. The third-order valence-electron chi connectivity index (χ3n) is 5.49. The van der Waals surface area contributed by atoms with Crippen molar-refractivity contribution < 1.29 is 13.9 Å². The van der Waals surface area contributed by atoms with E-state index < -0.39 is 0 Å². The van der Waals surface area contributed by atoms with E-state index in [0.29, 0.717) is 6.10 Å². The molecule has 0 bridgehead atoms. The smallest absolute Gasteiger partial charge is 0.0947 e.